The minimum atomic E-state index is -3.51. The number of halogens is 1. The summed E-state index contributed by atoms with van der Waals surface area (Å²) in [5, 5.41) is 1.93. The number of alkyl halides is 1. The van der Waals surface area contributed by atoms with Gasteiger partial charge < -0.3 is 5.32 Å². The lowest BCUT2D eigenvalue weighted by Gasteiger charge is -2.10. The summed E-state index contributed by atoms with van der Waals surface area (Å²) in [5.74, 6) is -0.336. The maximum atomic E-state index is 11.9. The van der Waals surface area contributed by atoms with Gasteiger partial charge in [0.05, 0.1) is 4.90 Å². The lowest BCUT2D eigenvalue weighted by Crippen LogP contribution is -2.30. The second-order valence-corrected chi connectivity index (χ2v) is 6.77. The third-order valence-electron chi connectivity index (χ3n) is 2.18. The summed E-state index contributed by atoms with van der Waals surface area (Å²) in [6.45, 7) is 5.05. The molecule has 1 unspecified atom stereocenters. The highest BCUT2D eigenvalue weighted by molar-refractivity contribution is 7.89. The van der Waals surface area contributed by atoms with Crippen LogP contribution in [0.5, 0.6) is 0 Å². The van der Waals surface area contributed by atoms with E-state index in [0.29, 0.717) is 5.69 Å². The molecule has 106 valence electrons. The molecule has 2 N–H and O–H groups in total. The van der Waals surface area contributed by atoms with E-state index in [1.165, 1.54) is 24.3 Å². The van der Waals surface area contributed by atoms with Gasteiger partial charge in [-0.1, -0.05) is 0 Å². The topological polar surface area (TPSA) is 75.3 Å². The molecule has 1 rings (SSSR count). The van der Waals surface area contributed by atoms with Crippen molar-refractivity contribution >= 4 is 33.2 Å². The van der Waals surface area contributed by atoms with Crippen molar-refractivity contribution in [2.75, 3.05) is 5.32 Å². The van der Waals surface area contributed by atoms with Crippen LogP contribution in [0, 0.1) is 0 Å². The van der Waals surface area contributed by atoms with Crippen molar-refractivity contribution in [2.24, 2.45) is 0 Å². The maximum Gasteiger partial charge on any atom is 0.242 e. The van der Waals surface area contributed by atoms with Crippen LogP contribution in [-0.2, 0) is 14.8 Å². The van der Waals surface area contributed by atoms with Crippen molar-refractivity contribution in [3.8, 4) is 0 Å². The molecule has 0 aliphatic heterocycles. The largest absolute Gasteiger partial charge is 0.325 e. The number of benzene rings is 1. The maximum absolute atomic E-state index is 11.9. The van der Waals surface area contributed by atoms with Gasteiger partial charge in [0.1, 0.15) is 5.38 Å². The lowest BCUT2D eigenvalue weighted by atomic mass is 10.3. The summed E-state index contributed by atoms with van der Waals surface area (Å²) in [6.07, 6.45) is 0. The Morgan fingerprint density at radius 2 is 1.68 bits per heavy atom. The molecule has 1 aromatic carbocycles. The molecule has 1 atom stereocenters. The van der Waals surface area contributed by atoms with Crippen LogP contribution in [0.3, 0.4) is 0 Å². The Balaban J connectivity index is 2.85. The number of amides is 1. The zero-order valence-corrected chi connectivity index (χ0v) is 12.5. The van der Waals surface area contributed by atoms with Crippen LogP contribution in [-0.4, -0.2) is 25.7 Å². The molecule has 0 radical (unpaired) electrons. The third kappa shape index (κ3) is 4.81. The van der Waals surface area contributed by atoms with E-state index >= 15 is 0 Å². The molecular formula is C12H17ClN2O3S. The van der Waals surface area contributed by atoms with Gasteiger partial charge in [0.25, 0.3) is 0 Å². The minimum Gasteiger partial charge on any atom is -0.325 e. The van der Waals surface area contributed by atoms with Crippen LogP contribution in [0.4, 0.5) is 5.69 Å². The summed E-state index contributed by atoms with van der Waals surface area (Å²) in [4.78, 5) is 11.5. The number of sulfonamides is 1. The predicted octanol–water partition coefficient (Wildman–Crippen LogP) is 1.94. The average molecular weight is 305 g/mol. The molecule has 0 aliphatic rings. The minimum absolute atomic E-state index is 0.151. The average Bonchev–Trinajstić information content (AvgIpc) is 2.27. The Morgan fingerprint density at radius 1 is 1.16 bits per heavy atom. The fourth-order valence-corrected chi connectivity index (χ4v) is 2.64. The van der Waals surface area contributed by atoms with Gasteiger partial charge in [-0.25, -0.2) is 13.1 Å². The van der Waals surface area contributed by atoms with E-state index in [-0.39, 0.29) is 16.8 Å². The molecular weight excluding hydrogens is 288 g/mol. The summed E-state index contributed by atoms with van der Waals surface area (Å²) in [6, 6.07) is 5.72. The molecule has 5 nitrogen and oxygen atoms in total. The number of hydrogen-bond acceptors (Lipinski definition) is 3. The highest BCUT2D eigenvalue weighted by Crippen LogP contribution is 2.15. The van der Waals surface area contributed by atoms with E-state index in [2.05, 4.69) is 10.0 Å². The Morgan fingerprint density at radius 3 is 2.11 bits per heavy atom. The third-order valence-corrected chi connectivity index (χ3v) is 4.06. The Hall–Kier alpha value is -1.11. The number of hydrogen-bond donors (Lipinski definition) is 2. The zero-order chi connectivity index (χ0) is 14.6. The number of anilines is 1. The fourth-order valence-electron chi connectivity index (χ4n) is 1.34. The lowest BCUT2D eigenvalue weighted by molar-refractivity contribution is -0.115. The normalized spacial score (nSPS) is 13.3. The van der Waals surface area contributed by atoms with E-state index in [1.54, 1.807) is 20.8 Å². The van der Waals surface area contributed by atoms with E-state index in [1.807, 2.05) is 0 Å². The summed E-state index contributed by atoms with van der Waals surface area (Å²) in [7, 11) is -3.51. The molecule has 1 amide bonds. The highest BCUT2D eigenvalue weighted by atomic mass is 35.5. The van der Waals surface area contributed by atoms with Gasteiger partial charge in [-0.3, -0.25) is 4.79 Å². The zero-order valence-electron chi connectivity index (χ0n) is 11.0. The smallest absolute Gasteiger partial charge is 0.242 e. The molecule has 0 spiro atoms. The van der Waals surface area contributed by atoms with Gasteiger partial charge in [0.15, 0.2) is 0 Å². The van der Waals surface area contributed by atoms with Gasteiger partial charge in [0, 0.05) is 11.7 Å². The molecule has 0 heterocycles. The second-order valence-electron chi connectivity index (χ2n) is 4.41. The van der Waals surface area contributed by atoms with Crippen LogP contribution in [0.1, 0.15) is 20.8 Å². The summed E-state index contributed by atoms with van der Waals surface area (Å²) >= 11 is 5.62. The molecule has 7 heteroatoms. The van der Waals surface area contributed by atoms with Crippen LogP contribution in [0.2, 0.25) is 0 Å². The second kappa shape index (κ2) is 6.36. The van der Waals surface area contributed by atoms with Gasteiger partial charge in [0.2, 0.25) is 15.9 Å². The quantitative estimate of drug-likeness (QED) is 0.816. The summed E-state index contributed by atoms with van der Waals surface area (Å²) < 4.78 is 26.2. The Bertz CT molecular complexity index is 539. The molecule has 19 heavy (non-hydrogen) atoms. The molecule has 1 aromatic rings. The van der Waals surface area contributed by atoms with E-state index in [9.17, 15) is 13.2 Å². The molecule has 0 saturated heterocycles. The summed E-state index contributed by atoms with van der Waals surface area (Å²) in [5.41, 5.74) is 0.501. The van der Waals surface area contributed by atoms with Crippen molar-refractivity contribution < 1.29 is 13.2 Å². The number of carbonyl (C=O) groups excluding carboxylic acids is 1. The van der Waals surface area contributed by atoms with E-state index in [0.717, 1.165) is 0 Å². The van der Waals surface area contributed by atoms with Gasteiger partial charge in [-0.15, -0.1) is 11.6 Å². The highest BCUT2D eigenvalue weighted by Gasteiger charge is 2.15. The SMILES string of the molecule is CC(C)NS(=O)(=O)c1ccc(NC(=O)C(C)Cl)cc1. The first-order valence-corrected chi connectivity index (χ1v) is 7.71. The first kappa shape index (κ1) is 15.9. The standard InChI is InChI=1S/C12H17ClN2O3S/c1-8(2)15-19(17,18)11-6-4-10(5-7-11)14-12(16)9(3)13/h4-9,15H,1-3H3,(H,14,16). The molecule has 0 saturated carbocycles. The number of rotatable bonds is 5. The molecule has 0 aliphatic carbocycles. The molecule has 0 fully saturated rings. The van der Waals surface area contributed by atoms with Crippen LogP contribution in [0.15, 0.2) is 29.2 Å². The predicted molar refractivity (Wildman–Crippen MR) is 75.8 cm³/mol. The fraction of sp³-hybridized carbons (Fsp3) is 0.417. The first-order valence-electron chi connectivity index (χ1n) is 5.79. The molecule has 0 aromatic heterocycles. The van der Waals surface area contributed by atoms with E-state index in [4.69, 9.17) is 11.6 Å². The van der Waals surface area contributed by atoms with Crippen molar-refractivity contribution in [3.05, 3.63) is 24.3 Å². The van der Waals surface area contributed by atoms with E-state index < -0.39 is 15.4 Å². The first-order chi connectivity index (χ1) is 8.72. The molecule has 0 bridgehead atoms. The van der Waals surface area contributed by atoms with Crippen molar-refractivity contribution in [3.63, 3.8) is 0 Å². The Labute approximate surface area is 118 Å². The van der Waals surface area contributed by atoms with Gasteiger partial charge >= 0.3 is 0 Å². The van der Waals surface area contributed by atoms with Crippen molar-refractivity contribution in [2.45, 2.75) is 37.1 Å². The Kier molecular flexibility index (Phi) is 5.34. The van der Waals surface area contributed by atoms with Crippen LogP contribution >= 0.6 is 11.6 Å². The monoisotopic (exact) mass is 304 g/mol. The van der Waals surface area contributed by atoms with Crippen LogP contribution < -0.4 is 10.0 Å². The number of carbonyl (C=O) groups is 1. The van der Waals surface area contributed by atoms with Crippen LogP contribution in [0.25, 0.3) is 0 Å². The van der Waals surface area contributed by atoms with Crippen molar-refractivity contribution in [1.82, 2.24) is 4.72 Å². The number of nitrogens with one attached hydrogen (secondary N) is 2. The van der Waals surface area contributed by atoms with Gasteiger partial charge in [-0.05, 0) is 45.0 Å². The van der Waals surface area contributed by atoms with Crippen molar-refractivity contribution in [1.29, 1.82) is 0 Å². The van der Waals surface area contributed by atoms with Gasteiger partial charge in [-0.2, -0.15) is 0 Å².